The molecule has 0 saturated carbocycles. The molecule has 2 N–H and O–H groups in total. The Balaban J connectivity index is 2.21. The Morgan fingerprint density at radius 3 is 2.52 bits per heavy atom. The van der Waals surface area contributed by atoms with Crippen LogP contribution in [0.15, 0.2) is 53.4 Å². The predicted molar refractivity (Wildman–Crippen MR) is 82.3 cm³/mol. The van der Waals surface area contributed by atoms with Gasteiger partial charge in [-0.1, -0.05) is 30.3 Å². The van der Waals surface area contributed by atoms with Crippen LogP contribution in [0.4, 0.5) is 4.39 Å². The van der Waals surface area contributed by atoms with Crippen LogP contribution in [0.1, 0.15) is 18.1 Å². The summed E-state index contributed by atoms with van der Waals surface area (Å²) < 4.78 is 40.0. The highest BCUT2D eigenvalue weighted by Crippen LogP contribution is 2.20. The molecule has 0 aromatic heterocycles. The van der Waals surface area contributed by atoms with Crippen molar-refractivity contribution in [2.45, 2.75) is 17.4 Å². The fourth-order valence-corrected chi connectivity index (χ4v) is 3.13. The minimum atomic E-state index is -3.98. The van der Waals surface area contributed by atoms with Gasteiger partial charge in [-0.2, -0.15) is 5.26 Å². The fourth-order valence-electron chi connectivity index (χ4n) is 1.98. The monoisotopic (exact) mass is 334 g/mol. The first-order chi connectivity index (χ1) is 10.8. The number of nitriles is 1. The van der Waals surface area contributed by atoms with E-state index < -0.39 is 21.4 Å². The number of aliphatic hydroxyl groups is 1. The molecule has 0 aliphatic carbocycles. The van der Waals surface area contributed by atoms with E-state index >= 15 is 0 Å². The molecule has 120 valence electrons. The lowest BCUT2D eigenvalue weighted by Gasteiger charge is -2.24. The normalized spacial score (nSPS) is 14.0. The first-order valence-corrected chi connectivity index (χ1v) is 8.22. The Hall–Kier alpha value is -2.27. The van der Waals surface area contributed by atoms with Crippen molar-refractivity contribution in [3.8, 4) is 6.07 Å². The molecule has 0 saturated heterocycles. The van der Waals surface area contributed by atoms with Gasteiger partial charge < -0.3 is 5.11 Å². The summed E-state index contributed by atoms with van der Waals surface area (Å²) in [5, 5.41) is 19.2. The topological polar surface area (TPSA) is 90.2 Å². The maximum absolute atomic E-state index is 13.3. The average Bonchev–Trinajstić information content (AvgIpc) is 2.54. The zero-order valence-corrected chi connectivity index (χ0v) is 13.1. The van der Waals surface area contributed by atoms with E-state index in [9.17, 15) is 17.9 Å². The van der Waals surface area contributed by atoms with Gasteiger partial charge in [-0.15, -0.1) is 0 Å². The molecule has 1 unspecified atom stereocenters. The maximum Gasteiger partial charge on any atom is 0.240 e. The Morgan fingerprint density at radius 1 is 1.26 bits per heavy atom. The summed E-state index contributed by atoms with van der Waals surface area (Å²) in [6.45, 7) is 1.22. The van der Waals surface area contributed by atoms with Gasteiger partial charge in [0.15, 0.2) is 0 Å². The molecule has 0 fully saturated rings. The van der Waals surface area contributed by atoms with E-state index in [-0.39, 0.29) is 17.0 Å². The molecule has 0 bridgehead atoms. The van der Waals surface area contributed by atoms with Crippen molar-refractivity contribution in [1.29, 1.82) is 5.26 Å². The molecule has 5 nitrogen and oxygen atoms in total. The number of hydrogen-bond acceptors (Lipinski definition) is 4. The molecule has 0 spiro atoms. The van der Waals surface area contributed by atoms with Gasteiger partial charge in [0.05, 0.1) is 10.5 Å². The summed E-state index contributed by atoms with van der Waals surface area (Å²) in [6, 6.07) is 13.1. The van der Waals surface area contributed by atoms with E-state index in [2.05, 4.69) is 4.72 Å². The van der Waals surface area contributed by atoms with Gasteiger partial charge in [-0.3, -0.25) is 0 Å². The summed E-state index contributed by atoms with van der Waals surface area (Å²) >= 11 is 0. The second-order valence-corrected chi connectivity index (χ2v) is 6.98. The summed E-state index contributed by atoms with van der Waals surface area (Å²) in [7, 11) is -3.98. The molecular weight excluding hydrogens is 319 g/mol. The van der Waals surface area contributed by atoms with Crippen LogP contribution in [-0.4, -0.2) is 20.1 Å². The summed E-state index contributed by atoms with van der Waals surface area (Å²) in [6.07, 6.45) is 0. The smallest absolute Gasteiger partial charge is 0.240 e. The molecular formula is C16H15FN2O3S. The maximum atomic E-state index is 13.3. The first kappa shape index (κ1) is 17.1. The summed E-state index contributed by atoms with van der Waals surface area (Å²) in [4.78, 5) is -0.237. The van der Waals surface area contributed by atoms with Crippen LogP contribution in [-0.2, 0) is 15.6 Å². The standard InChI is InChI=1S/C16H15FN2O3S/c1-16(20,13-5-3-2-4-6-13)11-19-23(21,22)14-7-8-15(17)12(9-14)10-18/h2-9,19-20H,11H2,1H3. The first-order valence-electron chi connectivity index (χ1n) is 6.73. The van der Waals surface area contributed by atoms with Gasteiger partial charge in [0.1, 0.15) is 17.5 Å². The van der Waals surface area contributed by atoms with Crippen LogP contribution >= 0.6 is 0 Å². The minimum Gasteiger partial charge on any atom is -0.384 e. The molecule has 0 heterocycles. The molecule has 2 aromatic carbocycles. The van der Waals surface area contributed by atoms with Gasteiger partial charge in [0, 0.05) is 6.54 Å². The zero-order chi connectivity index (χ0) is 17.1. The Kier molecular flexibility index (Phi) is 4.80. The third-order valence-corrected chi connectivity index (χ3v) is 4.77. The highest BCUT2D eigenvalue weighted by Gasteiger charge is 2.26. The Labute approximate surface area is 134 Å². The summed E-state index contributed by atoms with van der Waals surface area (Å²) in [5.41, 5.74) is -1.21. The van der Waals surface area contributed by atoms with Crippen LogP contribution in [0.2, 0.25) is 0 Å². The lowest BCUT2D eigenvalue weighted by Crippen LogP contribution is -2.38. The van der Waals surface area contributed by atoms with Crippen LogP contribution in [0.25, 0.3) is 0 Å². The van der Waals surface area contributed by atoms with Crippen molar-refractivity contribution in [2.24, 2.45) is 0 Å². The number of benzene rings is 2. The van der Waals surface area contributed by atoms with Gasteiger partial charge in [0.25, 0.3) is 0 Å². The van der Waals surface area contributed by atoms with E-state index in [1.54, 1.807) is 36.4 Å². The second-order valence-electron chi connectivity index (χ2n) is 5.22. The van der Waals surface area contributed by atoms with E-state index in [1.165, 1.54) is 6.92 Å². The van der Waals surface area contributed by atoms with E-state index in [1.807, 2.05) is 0 Å². The third-order valence-electron chi connectivity index (χ3n) is 3.37. The van der Waals surface area contributed by atoms with Crippen LogP contribution in [0, 0.1) is 17.1 Å². The quantitative estimate of drug-likeness (QED) is 0.873. The number of nitrogens with zero attached hydrogens (tertiary/aromatic N) is 1. The van der Waals surface area contributed by atoms with E-state index in [0.717, 1.165) is 18.2 Å². The van der Waals surface area contributed by atoms with Crippen molar-refractivity contribution in [1.82, 2.24) is 4.72 Å². The highest BCUT2D eigenvalue weighted by atomic mass is 32.2. The Bertz CT molecular complexity index is 843. The number of hydrogen-bond donors (Lipinski definition) is 2. The molecule has 2 rings (SSSR count). The highest BCUT2D eigenvalue weighted by molar-refractivity contribution is 7.89. The number of sulfonamides is 1. The van der Waals surface area contributed by atoms with Gasteiger partial charge in [-0.25, -0.2) is 17.5 Å². The van der Waals surface area contributed by atoms with Gasteiger partial charge in [-0.05, 0) is 30.7 Å². The molecule has 0 amide bonds. The number of nitrogens with one attached hydrogen (secondary N) is 1. The number of rotatable bonds is 5. The van der Waals surface area contributed by atoms with Crippen LogP contribution in [0.5, 0.6) is 0 Å². The second kappa shape index (κ2) is 6.46. The SMILES string of the molecule is CC(O)(CNS(=O)(=O)c1ccc(F)c(C#N)c1)c1ccccc1. The third kappa shape index (κ3) is 3.93. The van der Waals surface area contributed by atoms with Gasteiger partial charge >= 0.3 is 0 Å². The van der Waals surface area contributed by atoms with Crippen molar-refractivity contribution >= 4 is 10.0 Å². The summed E-state index contributed by atoms with van der Waals surface area (Å²) in [5.74, 6) is -0.789. The van der Waals surface area contributed by atoms with Crippen LogP contribution in [0.3, 0.4) is 0 Å². The lowest BCUT2D eigenvalue weighted by molar-refractivity contribution is 0.0627. The van der Waals surface area contributed by atoms with Crippen LogP contribution < -0.4 is 4.72 Å². The van der Waals surface area contributed by atoms with Crippen molar-refractivity contribution in [3.05, 3.63) is 65.5 Å². The molecule has 0 aliphatic rings. The molecule has 0 aliphatic heterocycles. The van der Waals surface area contributed by atoms with Crippen molar-refractivity contribution < 1.29 is 17.9 Å². The molecule has 23 heavy (non-hydrogen) atoms. The van der Waals surface area contributed by atoms with Gasteiger partial charge in [0.2, 0.25) is 10.0 Å². The van der Waals surface area contributed by atoms with E-state index in [0.29, 0.717) is 5.56 Å². The molecule has 7 heteroatoms. The van der Waals surface area contributed by atoms with Crippen molar-refractivity contribution in [3.63, 3.8) is 0 Å². The predicted octanol–water partition coefficient (Wildman–Crippen LogP) is 1.88. The van der Waals surface area contributed by atoms with E-state index in [4.69, 9.17) is 5.26 Å². The largest absolute Gasteiger partial charge is 0.384 e. The average molecular weight is 334 g/mol. The minimum absolute atomic E-state index is 0.237. The molecule has 1 atom stereocenters. The fraction of sp³-hybridized carbons (Fsp3) is 0.188. The Morgan fingerprint density at radius 2 is 1.91 bits per heavy atom. The number of halogens is 1. The lowest BCUT2D eigenvalue weighted by atomic mass is 9.97. The molecule has 2 aromatic rings. The molecule has 0 radical (unpaired) electrons. The van der Waals surface area contributed by atoms with Crippen molar-refractivity contribution in [2.75, 3.05) is 6.54 Å². The zero-order valence-electron chi connectivity index (χ0n) is 12.3.